The summed E-state index contributed by atoms with van der Waals surface area (Å²) in [5, 5.41) is 4.30. The largest absolute Gasteiger partial charge is 0.311 e. The SMILES string of the molecule is O=C(CN1CCC[C@@H]1Cn1cccn1)N1CCc2ccccc21. The molecule has 0 aliphatic carbocycles. The van der Waals surface area contributed by atoms with Gasteiger partial charge in [-0.3, -0.25) is 14.4 Å². The van der Waals surface area contributed by atoms with Crippen molar-refractivity contribution in [2.24, 2.45) is 0 Å². The van der Waals surface area contributed by atoms with E-state index >= 15 is 0 Å². The molecule has 5 nitrogen and oxygen atoms in total. The standard InChI is InChI=1S/C18H22N4O/c23-18(22-12-8-15-5-1-2-7-17(15)22)14-20-10-3-6-16(20)13-21-11-4-9-19-21/h1-2,4-5,7,9,11,16H,3,6,8,10,12-14H2/t16-/m1/s1. The Morgan fingerprint density at radius 1 is 1.22 bits per heavy atom. The van der Waals surface area contributed by atoms with Crippen molar-refractivity contribution in [3.05, 3.63) is 48.3 Å². The van der Waals surface area contributed by atoms with Crippen molar-refractivity contribution >= 4 is 11.6 Å². The van der Waals surface area contributed by atoms with Crippen LogP contribution in [0.3, 0.4) is 0 Å². The quantitative estimate of drug-likeness (QED) is 0.866. The summed E-state index contributed by atoms with van der Waals surface area (Å²) in [4.78, 5) is 17.1. The molecule has 0 unspecified atom stereocenters. The number of aromatic nitrogens is 2. The summed E-state index contributed by atoms with van der Waals surface area (Å²) in [7, 11) is 0. The van der Waals surface area contributed by atoms with Gasteiger partial charge in [0.1, 0.15) is 0 Å². The number of anilines is 1. The van der Waals surface area contributed by atoms with Gasteiger partial charge >= 0.3 is 0 Å². The van der Waals surface area contributed by atoms with Crippen LogP contribution in [0.4, 0.5) is 5.69 Å². The van der Waals surface area contributed by atoms with E-state index < -0.39 is 0 Å². The fourth-order valence-corrected chi connectivity index (χ4v) is 3.79. The number of amides is 1. The summed E-state index contributed by atoms with van der Waals surface area (Å²) in [5.74, 6) is 0.224. The van der Waals surface area contributed by atoms with Crippen molar-refractivity contribution in [3.8, 4) is 0 Å². The molecule has 0 spiro atoms. The highest BCUT2D eigenvalue weighted by molar-refractivity contribution is 5.96. The molecular formula is C18H22N4O. The van der Waals surface area contributed by atoms with E-state index in [4.69, 9.17) is 0 Å². The van der Waals surface area contributed by atoms with Gasteiger partial charge in [-0.25, -0.2) is 0 Å². The first-order valence-electron chi connectivity index (χ1n) is 8.41. The van der Waals surface area contributed by atoms with E-state index in [2.05, 4.69) is 22.1 Å². The van der Waals surface area contributed by atoms with Crippen LogP contribution < -0.4 is 4.90 Å². The van der Waals surface area contributed by atoms with Crippen LogP contribution in [0.1, 0.15) is 18.4 Å². The molecule has 1 aromatic carbocycles. The van der Waals surface area contributed by atoms with E-state index in [0.717, 1.165) is 44.6 Å². The van der Waals surface area contributed by atoms with Gasteiger partial charge in [0.05, 0.1) is 13.1 Å². The third kappa shape index (κ3) is 2.88. The van der Waals surface area contributed by atoms with E-state index in [0.29, 0.717) is 12.6 Å². The summed E-state index contributed by atoms with van der Waals surface area (Å²) in [5.41, 5.74) is 2.38. The van der Waals surface area contributed by atoms with Crippen molar-refractivity contribution in [2.45, 2.75) is 31.8 Å². The Bertz CT molecular complexity index is 682. The van der Waals surface area contributed by atoms with Crippen LogP contribution in [-0.2, 0) is 17.8 Å². The van der Waals surface area contributed by atoms with Gasteiger partial charge < -0.3 is 4.90 Å². The average molecular weight is 310 g/mol. The van der Waals surface area contributed by atoms with Crippen molar-refractivity contribution in [2.75, 3.05) is 24.5 Å². The Labute approximate surface area is 136 Å². The number of carbonyl (C=O) groups is 1. The number of likely N-dealkylation sites (tertiary alicyclic amines) is 1. The Kier molecular flexibility index (Phi) is 3.87. The fourth-order valence-electron chi connectivity index (χ4n) is 3.79. The monoisotopic (exact) mass is 310 g/mol. The molecule has 1 fully saturated rings. The summed E-state index contributed by atoms with van der Waals surface area (Å²) >= 11 is 0. The van der Waals surface area contributed by atoms with Gasteiger partial charge in [0.2, 0.25) is 5.91 Å². The van der Waals surface area contributed by atoms with E-state index in [1.165, 1.54) is 5.56 Å². The molecule has 1 atom stereocenters. The predicted octanol–water partition coefficient (Wildman–Crippen LogP) is 1.94. The second-order valence-electron chi connectivity index (χ2n) is 6.42. The Balaban J connectivity index is 1.42. The van der Waals surface area contributed by atoms with E-state index in [-0.39, 0.29) is 5.91 Å². The first-order chi connectivity index (χ1) is 11.3. The van der Waals surface area contributed by atoms with Gasteiger partial charge in [-0.2, -0.15) is 5.10 Å². The van der Waals surface area contributed by atoms with Crippen LogP contribution in [0.15, 0.2) is 42.7 Å². The number of carbonyl (C=O) groups excluding carboxylic acids is 1. The number of rotatable bonds is 4. The normalized spacial score (nSPS) is 20.9. The predicted molar refractivity (Wildman–Crippen MR) is 89.3 cm³/mol. The molecule has 2 aliphatic heterocycles. The molecule has 1 saturated heterocycles. The molecule has 5 heteroatoms. The zero-order valence-electron chi connectivity index (χ0n) is 13.3. The molecule has 3 heterocycles. The second kappa shape index (κ2) is 6.16. The molecule has 120 valence electrons. The van der Waals surface area contributed by atoms with Crippen LogP contribution in [0.2, 0.25) is 0 Å². The summed E-state index contributed by atoms with van der Waals surface area (Å²) < 4.78 is 1.97. The average Bonchev–Trinajstić information content (AvgIpc) is 3.29. The van der Waals surface area contributed by atoms with Crippen molar-refractivity contribution in [1.82, 2.24) is 14.7 Å². The maximum Gasteiger partial charge on any atom is 0.241 e. The lowest BCUT2D eigenvalue weighted by Crippen LogP contribution is -2.43. The topological polar surface area (TPSA) is 41.4 Å². The number of para-hydroxylation sites is 1. The molecular weight excluding hydrogens is 288 g/mol. The van der Waals surface area contributed by atoms with E-state index in [1.807, 2.05) is 40.2 Å². The van der Waals surface area contributed by atoms with Crippen molar-refractivity contribution in [3.63, 3.8) is 0 Å². The first-order valence-corrected chi connectivity index (χ1v) is 8.41. The second-order valence-corrected chi connectivity index (χ2v) is 6.42. The number of hydrogen-bond donors (Lipinski definition) is 0. The number of benzene rings is 1. The Morgan fingerprint density at radius 2 is 2.13 bits per heavy atom. The third-order valence-electron chi connectivity index (χ3n) is 4.98. The van der Waals surface area contributed by atoms with Crippen LogP contribution in [0.5, 0.6) is 0 Å². The summed E-state index contributed by atoms with van der Waals surface area (Å²) in [6.07, 6.45) is 7.08. The maximum atomic E-state index is 12.8. The minimum absolute atomic E-state index is 0.224. The molecule has 0 saturated carbocycles. The molecule has 0 N–H and O–H groups in total. The molecule has 4 rings (SSSR count). The van der Waals surface area contributed by atoms with Crippen LogP contribution >= 0.6 is 0 Å². The van der Waals surface area contributed by atoms with Gasteiger partial charge in [-0.05, 0) is 43.5 Å². The zero-order chi connectivity index (χ0) is 15.6. The van der Waals surface area contributed by atoms with E-state index in [9.17, 15) is 4.79 Å². The molecule has 23 heavy (non-hydrogen) atoms. The molecule has 0 radical (unpaired) electrons. The lowest BCUT2D eigenvalue weighted by atomic mass is 10.2. The number of fused-ring (bicyclic) bond motifs is 1. The van der Waals surface area contributed by atoms with Crippen molar-refractivity contribution in [1.29, 1.82) is 0 Å². The molecule has 1 aromatic heterocycles. The lowest BCUT2D eigenvalue weighted by Gasteiger charge is -2.26. The van der Waals surface area contributed by atoms with Crippen LogP contribution in [0.25, 0.3) is 0 Å². The molecule has 2 aliphatic rings. The van der Waals surface area contributed by atoms with Gasteiger partial charge in [-0.1, -0.05) is 18.2 Å². The minimum Gasteiger partial charge on any atom is -0.311 e. The highest BCUT2D eigenvalue weighted by atomic mass is 16.2. The van der Waals surface area contributed by atoms with Crippen LogP contribution in [-0.4, -0.2) is 46.3 Å². The van der Waals surface area contributed by atoms with E-state index in [1.54, 1.807) is 0 Å². The van der Waals surface area contributed by atoms with Crippen LogP contribution in [0, 0.1) is 0 Å². The number of nitrogens with zero attached hydrogens (tertiary/aromatic N) is 4. The number of hydrogen-bond acceptors (Lipinski definition) is 3. The molecule has 0 bridgehead atoms. The Morgan fingerprint density at radius 3 is 3.00 bits per heavy atom. The summed E-state index contributed by atoms with van der Waals surface area (Å²) in [6.45, 7) is 3.21. The van der Waals surface area contributed by atoms with Crippen molar-refractivity contribution < 1.29 is 4.79 Å². The molecule has 2 aromatic rings. The van der Waals surface area contributed by atoms with Gasteiger partial charge in [-0.15, -0.1) is 0 Å². The first kappa shape index (κ1) is 14.5. The van der Waals surface area contributed by atoms with Gasteiger partial charge in [0.15, 0.2) is 0 Å². The molecule has 1 amide bonds. The van der Waals surface area contributed by atoms with Gasteiger partial charge in [0, 0.05) is 30.7 Å². The highest BCUT2D eigenvalue weighted by Gasteiger charge is 2.30. The third-order valence-corrected chi connectivity index (χ3v) is 4.98. The minimum atomic E-state index is 0.224. The fraction of sp³-hybridized carbons (Fsp3) is 0.444. The zero-order valence-corrected chi connectivity index (χ0v) is 13.3. The summed E-state index contributed by atoms with van der Waals surface area (Å²) in [6, 6.07) is 10.6. The lowest BCUT2D eigenvalue weighted by molar-refractivity contribution is -0.119. The van der Waals surface area contributed by atoms with Gasteiger partial charge in [0.25, 0.3) is 0 Å². The Hall–Kier alpha value is -2.14. The maximum absolute atomic E-state index is 12.8. The highest BCUT2D eigenvalue weighted by Crippen LogP contribution is 2.28. The smallest absolute Gasteiger partial charge is 0.241 e.